The number of benzene rings is 1. The molecule has 0 spiro atoms. The molecule has 0 bridgehead atoms. The number of halogens is 1. The van der Waals surface area contributed by atoms with Gasteiger partial charge in [-0.05, 0) is 107 Å². The predicted molar refractivity (Wildman–Crippen MR) is 165 cm³/mol. The van der Waals surface area contributed by atoms with Crippen LogP contribution in [0, 0.1) is 24.6 Å². The molecule has 1 aromatic carbocycles. The summed E-state index contributed by atoms with van der Waals surface area (Å²) >= 11 is 0. The number of fused-ring (bicyclic) bond motifs is 1. The summed E-state index contributed by atoms with van der Waals surface area (Å²) in [4.78, 5) is 36.5. The fourth-order valence-corrected chi connectivity index (χ4v) is 6.98. The third-order valence-corrected chi connectivity index (χ3v) is 9.94. The van der Waals surface area contributed by atoms with Crippen molar-refractivity contribution in [1.82, 2.24) is 24.3 Å². The largest absolute Gasteiger partial charge is 0.380 e. The average molecular weight is 590 g/mol. The van der Waals surface area contributed by atoms with Gasteiger partial charge in [-0.15, -0.1) is 0 Å². The van der Waals surface area contributed by atoms with Crippen LogP contribution in [-0.4, -0.2) is 92.6 Å². The van der Waals surface area contributed by atoms with Gasteiger partial charge >= 0.3 is 0 Å². The highest BCUT2D eigenvalue weighted by molar-refractivity contribution is 5.99. The molecule has 9 heteroatoms. The van der Waals surface area contributed by atoms with Crippen LogP contribution in [0.25, 0.3) is 16.6 Å². The second kappa shape index (κ2) is 11.7. The maximum absolute atomic E-state index is 14.4. The summed E-state index contributed by atoms with van der Waals surface area (Å²) in [5.41, 5.74) is 3.18. The fraction of sp³-hybridized carbons (Fsp3) is 0.559. The molecular formula is C34H44FN5O3. The van der Waals surface area contributed by atoms with Crippen molar-refractivity contribution >= 4 is 22.7 Å². The summed E-state index contributed by atoms with van der Waals surface area (Å²) in [5.74, 6) is 0.377. The molecule has 230 valence electrons. The van der Waals surface area contributed by atoms with Gasteiger partial charge in [0.05, 0.1) is 23.0 Å². The monoisotopic (exact) mass is 589 g/mol. The first-order chi connectivity index (χ1) is 20.5. The van der Waals surface area contributed by atoms with Gasteiger partial charge in [0.25, 0.3) is 11.8 Å². The smallest absolute Gasteiger partial charge is 0.256 e. The summed E-state index contributed by atoms with van der Waals surface area (Å²) in [6.07, 6.45) is 11.1. The second-order valence-electron chi connectivity index (χ2n) is 13.4. The Kier molecular flexibility index (Phi) is 8.07. The van der Waals surface area contributed by atoms with Gasteiger partial charge in [-0.3, -0.25) is 14.6 Å². The van der Waals surface area contributed by atoms with Crippen LogP contribution < -0.4 is 0 Å². The van der Waals surface area contributed by atoms with Crippen molar-refractivity contribution in [3.63, 3.8) is 0 Å². The van der Waals surface area contributed by atoms with Gasteiger partial charge in [0.15, 0.2) is 0 Å². The summed E-state index contributed by atoms with van der Waals surface area (Å²) in [7, 11) is 1.75. The van der Waals surface area contributed by atoms with E-state index in [1.165, 1.54) is 17.7 Å². The van der Waals surface area contributed by atoms with E-state index < -0.39 is 11.4 Å². The van der Waals surface area contributed by atoms with Crippen LogP contribution in [-0.2, 0) is 11.2 Å². The SMILES string of the molecule is Cc1cncc2c1c(C[C@@H]1CCN(CC3CCN(C(=O)C4(O)CC4)CC3)C1)cn2-c1ccc(F)cc1C(=O)N(C)C(C)C. The van der Waals surface area contributed by atoms with Crippen LogP contribution >= 0.6 is 0 Å². The number of hydrogen-bond donors (Lipinski definition) is 1. The van der Waals surface area contributed by atoms with Crippen molar-refractivity contribution < 1.29 is 19.1 Å². The first-order valence-corrected chi connectivity index (χ1v) is 15.8. The molecular weight excluding hydrogens is 545 g/mol. The van der Waals surface area contributed by atoms with Crippen molar-refractivity contribution in [1.29, 1.82) is 0 Å². The number of carbonyl (C=O) groups is 2. The van der Waals surface area contributed by atoms with E-state index in [0.717, 1.165) is 74.9 Å². The number of rotatable bonds is 8. The van der Waals surface area contributed by atoms with Crippen LogP contribution in [0.15, 0.2) is 36.8 Å². The Hall–Kier alpha value is -3.30. The first kappa shape index (κ1) is 29.8. The molecule has 0 unspecified atom stereocenters. The number of nitrogens with zero attached hydrogens (tertiary/aromatic N) is 5. The van der Waals surface area contributed by atoms with Crippen LogP contribution in [0.1, 0.15) is 67.4 Å². The van der Waals surface area contributed by atoms with Crippen molar-refractivity contribution in [2.24, 2.45) is 11.8 Å². The summed E-state index contributed by atoms with van der Waals surface area (Å²) in [5, 5.41) is 11.4. The molecule has 8 nitrogen and oxygen atoms in total. The molecule has 2 amide bonds. The lowest BCUT2D eigenvalue weighted by molar-refractivity contribution is -0.144. The predicted octanol–water partition coefficient (Wildman–Crippen LogP) is 4.58. The Bertz CT molecular complexity index is 1520. The Balaban J connectivity index is 1.17. The highest BCUT2D eigenvalue weighted by atomic mass is 19.1. The zero-order valence-electron chi connectivity index (χ0n) is 25.9. The molecule has 3 aliphatic rings. The fourth-order valence-electron chi connectivity index (χ4n) is 6.98. The molecule has 2 saturated heterocycles. The minimum absolute atomic E-state index is 0.0137. The Morgan fingerprint density at radius 2 is 1.84 bits per heavy atom. The lowest BCUT2D eigenvalue weighted by Crippen LogP contribution is -2.46. The van der Waals surface area contributed by atoms with Crippen LogP contribution in [0.4, 0.5) is 4.39 Å². The van der Waals surface area contributed by atoms with Gasteiger partial charge in [-0.2, -0.15) is 0 Å². The van der Waals surface area contributed by atoms with Gasteiger partial charge in [0.2, 0.25) is 0 Å². The van der Waals surface area contributed by atoms with E-state index in [1.54, 1.807) is 18.0 Å². The lowest BCUT2D eigenvalue weighted by atomic mass is 9.95. The number of likely N-dealkylation sites (tertiary alicyclic amines) is 2. The van der Waals surface area contributed by atoms with Crippen LogP contribution in [0.5, 0.6) is 0 Å². The van der Waals surface area contributed by atoms with Gasteiger partial charge in [0.1, 0.15) is 11.4 Å². The minimum Gasteiger partial charge on any atom is -0.380 e. The molecule has 2 aromatic heterocycles. The Labute approximate surface area is 253 Å². The highest BCUT2D eigenvalue weighted by Crippen LogP contribution is 2.38. The van der Waals surface area contributed by atoms with E-state index in [2.05, 4.69) is 23.0 Å². The molecule has 1 saturated carbocycles. The number of hydrogen-bond acceptors (Lipinski definition) is 5. The van der Waals surface area contributed by atoms with E-state index in [-0.39, 0.29) is 17.9 Å². The average Bonchev–Trinajstić information content (AvgIpc) is 3.42. The molecule has 2 aliphatic heterocycles. The Morgan fingerprint density at radius 3 is 2.53 bits per heavy atom. The van der Waals surface area contributed by atoms with E-state index >= 15 is 0 Å². The normalized spacial score (nSPS) is 20.7. The van der Waals surface area contributed by atoms with Crippen LogP contribution in [0.3, 0.4) is 0 Å². The van der Waals surface area contributed by atoms with Crippen molar-refractivity contribution in [2.75, 3.05) is 39.8 Å². The number of amides is 2. The Morgan fingerprint density at radius 1 is 1.12 bits per heavy atom. The minimum atomic E-state index is -1.06. The van der Waals surface area contributed by atoms with Crippen LogP contribution in [0.2, 0.25) is 0 Å². The van der Waals surface area contributed by atoms with Gasteiger partial charge in [-0.25, -0.2) is 4.39 Å². The molecule has 1 atom stereocenters. The summed E-state index contributed by atoms with van der Waals surface area (Å²) in [6, 6.07) is 4.44. The standard InChI is InChI=1S/C34H44FN5O3/c1-22(2)37(4)32(41)28-16-27(35)5-6-29(28)40-21-26(31-23(3)17-36-18-30(31)40)15-25-7-12-38(20-25)19-24-8-13-39(14-9-24)33(42)34(43)10-11-34/h5-6,16-18,21-22,24-25,43H,7-15,19-20H2,1-4H3/t25-/m0/s1. The van der Waals surface area contributed by atoms with Gasteiger partial charge in [-0.1, -0.05) is 0 Å². The third-order valence-electron chi connectivity index (χ3n) is 9.94. The summed E-state index contributed by atoms with van der Waals surface area (Å²) in [6.45, 7) is 10.6. The maximum atomic E-state index is 14.4. The zero-order valence-corrected chi connectivity index (χ0v) is 25.9. The molecule has 1 aliphatic carbocycles. The number of aromatic nitrogens is 2. The third kappa shape index (κ3) is 5.94. The lowest BCUT2D eigenvalue weighted by Gasteiger charge is -2.35. The van der Waals surface area contributed by atoms with E-state index in [4.69, 9.17) is 0 Å². The molecule has 3 aromatic rings. The number of aryl methyl sites for hydroxylation is 1. The molecule has 3 fully saturated rings. The van der Waals surface area contributed by atoms with E-state index in [1.807, 2.05) is 35.7 Å². The number of piperidine rings is 1. The first-order valence-electron chi connectivity index (χ1n) is 15.8. The van der Waals surface area contributed by atoms with E-state index in [9.17, 15) is 19.1 Å². The van der Waals surface area contributed by atoms with E-state index in [0.29, 0.717) is 35.9 Å². The van der Waals surface area contributed by atoms with Gasteiger partial charge < -0.3 is 24.4 Å². The van der Waals surface area contributed by atoms with Crippen molar-refractivity contribution in [3.8, 4) is 5.69 Å². The molecule has 4 heterocycles. The maximum Gasteiger partial charge on any atom is 0.256 e. The number of carbonyl (C=O) groups excluding carboxylic acids is 2. The highest BCUT2D eigenvalue weighted by Gasteiger charge is 2.50. The van der Waals surface area contributed by atoms with Crippen molar-refractivity contribution in [3.05, 3.63) is 59.3 Å². The van der Waals surface area contributed by atoms with Gasteiger partial charge in [0, 0.05) is 57.0 Å². The summed E-state index contributed by atoms with van der Waals surface area (Å²) < 4.78 is 16.4. The molecule has 1 N–H and O–H groups in total. The molecule has 0 radical (unpaired) electrons. The second-order valence-corrected chi connectivity index (χ2v) is 13.4. The van der Waals surface area contributed by atoms with Crippen molar-refractivity contribution in [2.45, 2.75) is 70.9 Å². The molecule has 43 heavy (non-hydrogen) atoms. The number of pyridine rings is 1. The zero-order chi connectivity index (χ0) is 30.5. The molecule has 6 rings (SSSR count). The number of aliphatic hydroxyl groups is 1. The topological polar surface area (TPSA) is 81.9 Å². The quantitative estimate of drug-likeness (QED) is 0.416.